The minimum absolute atomic E-state index is 0.0787. The first-order valence-corrected chi connectivity index (χ1v) is 10.7. The lowest BCUT2D eigenvalue weighted by Crippen LogP contribution is -2.66. The van der Waals surface area contributed by atoms with Crippen LogP contribution in [-0.2, 0) is 19.8 Å². The topological polar surface area (TPSA) is 95.9 Å². The highest BCUT2D eigenvalue weighted by Crippen LogP contribution is 2.41. The summed E-state index contributed by atoms with van der Waals surface area (Å²) in [6.07, 6.45) is -0.303. The third-order valence-electron chi connectivity index (χ3n) is 5.97. The van der Waals surface area contributed by atoms with E-state index in [4.69, 9.17) is 9.84 Å². The molecule has 3 rings (SSSR count). The second kappa shape index (κ2) is 9.42. The maximum atomic E-state index is 13.7. The molecule has 2 amide bonds. The summed E-state index contributed by atoms with van der Waals surface area (Å²) in [5, 5.41) is 11.9. The van der Waals surface area contributed by atoms with Crippen molar-refractivity contribution in [3.05, 3.63) is 59.2 Å². The summed E-state index contributed by atoms with van der Waals surface area (Å²) in [6.45, 7) is 6.50. The Morgan fingerprint density at radius 1 is 1.12 bits per heavy atom. The fraction of sp³-hybridized carbons (Fsp3) is 0.400. The molecule has 2 N–H and O–H groups in total. The summed E-state index contributed by atoms with van der Waals surface area (Å²) in [7, 11) is 1.56. The molecular weight excluding hydrogens is 408 g/mol. The average molecular weight is 439 g/mol. The summed E-state index contributed by atoms with van der Waals surface area (Å²) < 4.78 is 5.44. The first-order chi connectivity index (χ1) is 15.2. The lowest BCUT2D eigenvalue weighted by molar-refractivity contribution is -0.147. The number of carboxylic acid groups (broad SMARTS) is 1. The number of carboxylic acids is 1. The van der Waals surface area contributed by atoms with Crippen LogP contribution in [0.4, 0.5) is 5.69 Å². The van der Waals surface area contributed by atoms with Crippen molar-refractivity contribution in [3.8, 4) is 5.75 Å². The number of aliphatic carboxylic acids is 1. The maximum Gasteiger partial charge on any atom is 0.303 e. The van der Waals surface area contributed by atoms with E-state index in [-0.39, 0.29) is 43.7 Å². The van der Waals surface area contributed by atoms with Gasteiger partial charge in [0.1, 0.15) is 11.2 Å². The van der Waals surface area contributed by atoms with Crippen molar-refractivity contribution in [3.63, 3.8) is 0 Å². The van der Waals surface area contributed by atoms with E-state index >= 15 is 0 Å². The zero-order chi connectivity index (χ0) is 23.5. The number of hydrogen-bond acceptors (Lipinski definition) is 4. The van der Waals surface area contributed by atoms with E-state index in [9.17, 15) is 14.4 Å². The molecule has 1 fully saturated rings. The number of aryl methyl sites for hydroxylation is 1. The Balaban J connectivity index is 1.94. The molecule has 0 radical (unpaired) electrons. The molecule has 32 heavy (non-hydrogen) atoms. The molecule has 7 heteroatoms. The molecule has 0 aromatic heterocycles. The molecule has 0 spiro atoms. The third-order valence-corrected chi connectivity index (χ3v) is 5.97. The molecule has 1 heterocycles. The highest BCUT2D eigenvalue weighted by Gasteiger charge is 2.53. The summed E-state index contributed by atoms with van der Waals surface area (Å²) >= 11 is 0. The molecule has 1 aliphatic rings. The number of hydrogen-bond donors (Lipinski definition) is 2. The average Bonchev–Trinajstić information content (AvgIpc) is 2.73. The van der Waals surface area contributed by atoms with Crippen molar-refractivity contribution in [1.82, 2.24) is 4.90 Å². The van der Waals surface area contributed by atoms with Crippen LogP contribution in [0.2, 0.25) is 0 Å². The van der Waals surface area contributed by atoms with Gasteiger partial charge in [0.2, 0.25) is 11.8 Å². The largest absolute Gasteiger partial charge is 0.495 e. The molecule has 170 valence electrons. The zero-order valence-electron chi connectivity index (χ0n) is 19.0. The lowest BCUT2D eigenvalue weighted by atomic mass is 9.69. The van der Waals surface area contributed by atoms with Gasteiger partial charge in [0.15, 0.2) is 0 Å². The second-order valence-corrected chi connectivity index (χ2v) is 8.63. The van der Waals surface area contributed by atoms with Crippen molar-refractivity contribution in [2.75, 3.05) is 25.5 Å². The Morgan fingerprint density at radius 2 is 1.81 bits per heavy atom. The molecular formula is C25H30N2O5. The van der Waals surface area contributed by atoms with Crippen LogP contribution in [0.15, 0.2) is 42.5 Å². The summed E-state index contributed by atoms with van der Waals surface area (Å²) in [4.78, 5) is 38.6. The predicted octanol–water partition coefficient (Wildman–Crippen LogP) is 3.71. The lowest BCUT2D eigenvalue weighted by Gasteiger charge is -2.50. The zero-order valence-corrected chi connectivity index (χ0v) is 19.0. The fourth-order valence-corrected chi connectivity index (χ4v) is 4.17. The first kappa shape index (κ1) is 23.3. The first-order valence-electron chi connectivity index (χ1n) is 10.7. The van der Waals surface area contributed by atoms with Gasteiger partial charge in [-0.25, -0.2) is 0 Å². The number of rotatable bonds is 8. The normalized spacial score (nSPS) is 14.6. The van der Waals surface area contributed by atoms with Crippen LogP contribution in [0.1, 0.15) is 49.3 Å². The number of nitrogens with one attached hydrogen (secondary N) is 1. The number of likely N-dealkylation sites (tertiary alicyclic amines) is 1. The molecule has 0 unspecified atom stereocenters. The van der Waals surface area contributed by atoms with Gasteiger partial charge in [0, 0.05) is 19.5 Å². The quantitative estimate of drug-likeness (QED) is 0.655. The van der Waals surface area contributed by atoms with Gasteiger partial charge in [0.05, 0.1) is 19.2 Å². The van der Waals surface area contributed by atoms with Crippen LogP contribution in [-0.4, -0.2) is 48.0 Å². The Hall–Kier alpha value is -3.35. The van der Waals surface area contributed by atoms with Crippen molar-refractivity contribution in [2.24, 2.45) is 0 Å². The number of ether oxygens (including phenoxy) is 1. The molecule has 2 aromatic rings. The third kappa shape index (κ3) is 4.61. The van der Waals surface area contributed by atoms with Gasteiger partial charge >= 0.3 is 5.97 Å². The Morgan fingerprint density at radius 3 is 2.44 bits per heavy atom. The predicted molar refractivity (Wildman–Crippen MR) is 122 cm³/mol. The van der Waals surface area contributed by atoms with Gasteiger partial charge in [-0.05, 0) is 41.7 Å². The van der Waals surface area contributed by atoms with Gasteiger partial charge in [-0.2, -0.15) is 0 Å². The Bertz CT molecular complexity index is 1020. The Kier molecular flexibility index (Phi) is 6.87. The highest BCUT2D eigenvalue weighted by atomic mass is 16.5. The van der Waals surface area contributed by atoms with Gasteiger partial charge < -0.3 is 20.1 Å². The summed E-state index contributed by atoms with van der Waals surface area (Å²) in [5.41, 5.74) is 2.60. The van der Waals surface area contributed by atoms with Crippen LogP contribution in [0.25, 0.3) is 0 Å². The Labute approximate surface area is 188 Å². The SMILES string of the molecule is COc1cc(C)ccc1NC(=O)C1(c2ccccc2C(C)C)CN(C(=O)CCC(=O)O)C1. The van der Waals surface area contributed by atoms with E-state index < -0.39 is 11.4 Å². The van der Waals surface area contributed by atoms with Crippen LogP contribution in [0.5, 0.6) is 5.75 Å². The van der Waals surface area contributed by atoms with Gasteiger partial charge in [0.25, 0.3) is 0 Å². The minimum atomic E-state index is -1.01. The van der Waals surface area contributed by atoms with E-state index in [1.165, 1.54) is 0 Å². The van der Waals surface area contributed by atoms with E-state index in [1.807, 2.05) is 49.4 Å². The van der Waals surface area contributed by atoms with E-state index in [0.29, 0.717) is 11.4 Å². The van der Waals surface area contributed by atoms with Gasteiger partial charge in [-0.15, -0.1) is 0 Å². The monoisotopic (exact) mass is 438 g/mol. The number of anilines is 1. The van der Waals surface area contributed by atoms with E-state index in [0.717, 1.165) is 16.7 Å². The smallest absolute Gasteiger partial charge is 0.303 e. The maximum absolute atomic E-state index is 13.7. The van der Waals surface area contributed by atoms with Crippen molar-refractivity contribution in [1.29, 1.82) is 0 Å². The van der Waals surface area contributed by atoms with Crippen LogP contribution in [0.3, 0.4) is 0 Å². The molecule has 1 saturated heterocycles. The number of carbonyl (C=O) groups excluding carboxylic acids is 2. The van der Waals surface area contributed by atoms with Crippen LogP contribution in [0, 0.1) is 6.92 Å². The molecule has 0 bridgehead atoms. The second-order valence-electron chi connectivity index (χ2n) is 8.63. The fourth-order valence-electron chi connectivity index (χ4n) is 4.17. The van der Waals surface area contributed by atoms with Gasteiger partial charge in [-0.3, -0.25) is 14.4 Å². The van der Waals surface area contributed by atoms with E-state index in [1.54, 1.807) is 12.0 Å². The van der Waals surface area contributed by atoms with E-state index in [2.05, 4.69) is 19.2 Å². The van der Waals surface area contributed by atoms with Crippen molar-refractivity contribution >= 4 is 23.5 Å². The number of carbonyl (C=O) groups is 3. The number of methoxy groups -OCH3 is 1. The van der Waals surface area contributed by atoms with Gasteiger partial charge in [-0.1, -0.05) is 44.2 Å². The molecule has 1 aliphatic heterocycles. The number of benzene rings is 2. The molecule has 7 nitrogen and oxygen atoms in total. The summed E-state index contributed by atoms with van der Waals surface area (Å²) in [5.74, 6) is -0.721. The number of amides is 2. The number of nitrogens with zero attached hydrogens (tertiary/aromatic N) is 1. The standard InChI is InChI=1S/C25H30N2O5/c1-16(2)18-7-5-6-8-19(18)25(14-27(15-25)22(28)11-12-23(29)30)24(31)26-20-10-9-17(3)13-21(20)32-4/h5-10,13,16H,11-12,14-15H2,1-4H3,(H,26,31)(H,29,30). The molecule has 0 saturated carbocycles. The highest BCUT2D eigenvalue weighted by molar-refractivity contribution is 6.03. The molecule has 0 aliphatic carbocycles. The van der Waals surface area contributed by atoms with Crippen molar-refractivity contribution in [2.45, 2.75) is 44.9 Å². The molecule has 2 aromatic carbocycles. The molecule has 0 atom stereocenters. The van der Waals surface area contributed by atoms with Crippen LogP contribution < -0.4 is 10.1 Å². The minimum Gasteiger partial charge on any atom is -0.495 e. The van der Waals surface area contributed by atoms with Crippen molar-refractivity contribution < 1.29 is 24.2 Å². The summed E-state index contributed by atoms with van der Waals surface area (Å²) in [6, 6.07) is 13.4. The van der Waals surface area contributed by atoms with Crippen LogP contribution >= 0.6 is 0 Å².